The van der Waals surface area contributed by atoms with Crippen LogP contribution in [0.15, 0.2) is 59.5 Å². The molecule has 0 spiro atoms. The second kappa shape index (κ2) is 9.41. The first-order chi connectivity index (χ1) is 14.0. The van der Waals surface area contributed by atoms with Crippen LogP contribution in [0.4, 0.5) is 0 Å². The zero-order chi connectivity index (χ0) is 20.9. The van der Waals surface area contributed by atoms with Gasteiger partial charge in [-0.25, -0.2) is 8.42 Å². The van der Waals surface area contributed by atoms with E-state index in [4.69, 9.17) is 4.74 Å². The van der Waals surface area contributed by atoms with Gasteiger partial charge in [0.25, 0.3) is 5.91 Å². The fourth-order valence-electron chi connectivity index (χ4n) is 3.66. The number of methoxy groups -OCH3 is 1. The SMILES string of the molecule is CCN(CC1CCN(S(=O)(=O)c2ccc(OC)cc2)CC1)C(=O)c1ccccc1. The Morgan fingerprint density at radius 3 is 2.24 bits per heavy atom. The minimum atomic E-state index is -3.51. The maximum Gasteiger partial charge on any atom is 0.253 e. The molecule has 0 atom stereocenters. The van der Waals surface area contributed by atoms with E-state index in [-0.39, 0.29) is 10.8 Å². The maximum atomic E-state index is 12.9. The molecule has 156 valence electrons. The van der Waals surface area contributed by atoms with Gasteiger partial charge in [-0.05, 0) is 62.1 Å². The molecule has 2 aromatic carbocycles. The molecule has 1 heterocycles. The molecule has 29 heavy (non-hydrogen) atoms. The molecule has 1 aliphatic heterocycles. The summed E-state index contributed by atoms with van der Waals surface area (Å²) in [5, 5.41) is 0. The van der Waals surface area contributed by atoms with Crippen LogP contribution in [0.5, 0.6) is 5.75 Å². The van der Waals surface area contributed by atoms with Crippen LogP contribution in [0.1, 0.15) is 30.1 Å². The fraction of sp³-hybridized carbons (Fsp3) is 0.409. The van der Waals surface area contributed by atoms with E-state index >= 15 is 0 Å². The normalized spacial score (nSPS) is 15.8. The van der Waals surface area contributed by atoms with Crippen molar-refractivity contribution in [3.05, 3.63) is 60.2 Å². The first-order valence-electron chi connectivity index (χ1n) is 9.94. The van der Waals surface area contributed by atoms with Gasteiger partial charge in [-0.3, -0.25) is 4.79 Å². The number of piperidine rings is 1. The highest BCUT2D eigenvalue weighted by atomic mass is 32.2. The summed E-state index contributed by atoms with van der Waals surface area (Å²) in [6.07, 6.45) is 1.49. The lowest BCUT2D eigenvalue weighted by atomic mass is 9.97. The Labute approximate surface area is 173 Å². The van der Waals surface area contributed by atoms with Gasteiger partial charge in [-0.15, -0.1) is 0 Å². The molecule has 1 amide bonds. The highest BCUT2D eigenvalue weighted by molar-refractivity contribution is 7.89. The predicted octanol–water partition coefficient (Wildman–Crippen LogP) is 3.26. The Bertz CT molecular complexity index is 906. The van der Waals surface area contributed by atoms with Gasteiger partial charge < -0.3 is 9.64 Å². The monoisotopic (exact) mass is 416 g/mol. The third-order valence-electron chi connectivity index (χ3n) is 5.44. The van der Waals surface area contributed by atoms with Gasteiger partial charge in [0.05, 0.1) is 12.0 Å². The Hall–Kier alpha value is -2.38. The van der Waals surface area contributed by atoms with Crippen LogP contribution < -0.4 is 4.74 Å². The molecule has 6 nitrogen and oxygen atoms in total. The molecular weight excluding hydrogens is 388 g/mol. The molecule has 1 aliphatic rings. The average molecular weight is 417 g/mol. The summed E-state index contributed by atoms with van der Waals surface area (Å²) in [5.74, 6) is 0.955. The standard InChI is InChI=1S/C22H28N2O4S/c1-3-23(22(25)19-7-5-4-6-8-19)17-18-13-15-24(16-14-18)29(26,27)21-11-9-20(28-2)10-12-21/h4-12,18H,3,13-17H2,1-2H3. The van der Waals surface area contributed by atoms with Gasteiger partial charge in [0.15, 0.2) is 0 Å². The molecule has 0 aliphatic carbocycles. The quantitative estimate of drug-likeness (QED) is 0.695. The third kappa shape index (κ3) is 4.97. The summed E-state index contributed by atoms with van der Waals surface area (Å²) in [5.41, 5.74) is 0.689. The highest BCUT2D eigenvalue weighted by Gasteiger charge is 2.30. The van der Waals surface area contributed by atoms with Gasteiger partial charge in [0.1, 0.15) is 5.75 Å². The number of ether oxygens (including phenoxy) is 1. The first-order valence-corrected chi connectivity index (χ1v) is 11.4. The van der Waals surface area contributed by atoms with Crippen molar-refractivity contribution >= 4 is 15.9 Å². The Morgan fingerprint density at radius 1 is 1.07 bits per heavy atom. The average Bonchev–Trinajstić information content (AvgIpc) is 2.78. The Balaban J connectivity index is 1.60. The van der Waals surface area contributed by atoms with E-state index in [9.17, 15) is 13.2 Å². The summed E-state index contributed by atoms with van der Waals surface area (Å²) >= 11 is 0. The molecule has 2 aromatic rings. The number of carbonyl (C=O) groups excluding carboxylic acids is 1. The van der Waals surface area contributed by atoms with Gasteiger partial charge in [0, 0.05) is 31.7 Å². The minimum absolute atomic E-state index is 0.0291. The van der Waals surface area contributed by atoms with E-state index < -0.39 is 10.0 Å². The van der Waals surface area contributed by atoms with Gasteiger partial charge in [-0.1, -0.05) is 18.2 Å². The van der Waals surface area contributed by atoms with Crippen LogP contribution in [0.3, 0.4) is 0 Å². The molecule has 0 unspecified atom stereocenters. The fourth-order valence-corrected chi connectivity index (χ4v) is 5.13. The van der Waals surface area contributed by atoms with Gasteiger partial charge in [-0.2, -0.15) is 4.31 Å². The third-order valence-corrected chi connectivity index (χ3v) is 7.35. The Morgan fingerprint density at radius 2 is 1.69 bits per heavy atom. The minimum Gasteiger partial charge on any atom is -0.497 e. The molecule has 0 saturated carbocycles. The van der Waals surface area contributed by atoms with Crippen LogP contribution in [-0.2, 0) is 10.0 Å². The molecule has 0 N–H and O–H groups in total. The van der Waals surface area contributed by atoms with Crippen molar-refractivity contribution in [2.24, 2.45) is 5.92 Å². The number of amides is 1. The number of hydrogen-bond acceptors (Lipinski definition) is 4. The zero-order valence-corrected chi connectivity index (χ0v) is 17.8. The number of nitrogens with zero attached hydrogens (tertiary/aromatic N) is 2. The van der Waals surface area contributed by atoms with E-state index in [1.807, 2.05) is 42.2 Å². The molecule has 0 bridgehead atoms. The summed E-state index contributed by atoms with van der Waals surface area (Å²) in [4.78, 5) is 14.9. The summed E-state index contributed by atoms with van der Waals surface area (Å²) in [6.45, 7) is 4.20. The second-order valence-corrected chi connectivity index (χ2v) is 9.17. The molecule has 1 saturated heterocycles. The van der Waals surface area contributed by atoms with E-state index in [1.165, 1.54) is 0 Å². The second-order valence-electron chi connectivity index (χ2n) is 7.23. The molecular formula is C22H28N2O4S. The van der Waals surface area contributed by atoms with Crippen LogP contribution >= 0.6 is 0 Å². The molecule has 3 rings (SSSR count). The van der Waals surface area contributed by atoms with E-state index in [1.54, 1.807) is 35.7 Å². The Kier molecular flexibility index (Phi) is 6.92. The van der Waals surface area contributed by atoms with Crippen molar-refractivity contribution in [1.82, 2.24) is 9.21 Å². The number of sulfonamides is 1. The number of hydrogen-bond donors (Lipinski definition) is 0. The predicted molar refractivity (Wildman–Crippen MR) is 112 cm³/mol. The van der Waals surface area contributed by atoms with E-state index in [2.05, 4.69) is 0 Å². The van der Waals surface area contributed by atoms with E-state index in [0.717, 1.165) is 12.8 Å². The number of rotatable bonds is 7. The van der Waals surface area contributed by atoms with Crippen LogP contribution in [-0.4, -0.2) is 56.8 Å². The highest BCUT2D eigenvalue weighted by Crippen LogP contribution is 2.26. The van der Waals surface area contributed by atoms with Crippen LogP contribution in [0.25, 0.3) is 0 Å². The number of benzene rings is 2. The van der Waals surface area contributed by atoms with Crippen molar-refractivity contribution in [2.75, 3.05) is 33.3 Å². The maximum absolute atomic E-state index is 12.9. The number of carbonyl (C=O) groups is 1. The van der Waals surface area contributed by atoms with Crippen molar-refractivity contribution in [2.45, 2.75) is 24.7 Å². The molecule has 7 heteroatoms. The van der Waals surface area contributed by atoms with Gasteiger partial charge >= 0.3 is 0 Å². The molecule has 0 radical (unpaired) electrons. The zero-order valence-electron chi connectivity index (χ0n) is 17.0. The lowest BCUT2D eigenvalue weighted by Gasteiger charge is -2.34. The van der Waals surface area contributed by atoms with E-state index in [0.29, 0.717) is 43.4 Å². The van der Waals surface area contributed by atoms with Crippen LogP contribution in [0.2, 0.25) is 0 Å². The lowest BCUT2D eigenvalue weighted by Crippen LogP contribution is -2.42. The smallest absolute Gasteiger partial charge is 0.253 e. The van der Waals surface area contributed by atoms with Crippen molar-refractivity contribution < 1.29 is 17.9 Å². The largest absolute Gasteiger partial charge is 0.497 e. The summed E-state index contributed by atoms with van der Waals surface area (Å²) in [7, 11) is -1.95. The van der Waals surface area contributed by atoms with Crippen LogP contribution in [0, 0.1) is 5.92 Å². The van der Waals surface area contributed by atoms with Crippen molar-refractivity contribution in [3.63, 3.8) is 0 Å². The topological polar surface area (TPSA) is 66.9 Å². The molecule has 0 aromatic heterocycles. The lowest BCUT2D eigenvalue weighted by molar-refractivity contribution is 0.0717. The van der Waals surface area contributed by atoms with Gasteiger partial charge in [0.2, 0.25) is 10.0 Å². The first kappa shape index (κ1) is 21.3. The molecule has 1 fully saturated rings. The van der Waals surface area contributed by atoms with Crippen molar-refractivity contribution in [3.8, 4) is 5.75 Å². The summed E-state index contributed by atoms with van der Waals surface area (Å²) < 4.78 is 32.4. The summed E-state index contributed by atoms with van der Waals surface area (Å²) in [6, 6.07) is 15.8. The van der Waals surface area contributed by atoms with Crippen molar-refractivity contribution in [1.29, 1.82) is 0 Å².